The summed E-state index contributed by atoms with van der Waals surface area (Å²) in [5.41, 5.74) is -4.22. The Kier molecular flexibility index (Phi) is 2.65. The van der Waals surface area contributed by atoms with Crippen LogP contribution < -0.4 is 5.14 Å². The van der Waals surface area contributed by atoms with Crippen LogP contribution in [0.4, 0.5) is 4.79 Å². The highest BCUT2D eigenvalue weighted by Crippen LogP contribution is 2.27. The minimum absolute atomic E-state index is 0.277. The molecular weight excluding hydrogens is 302 g/mol. The van der Waals surface area contributed by atoms with Gasteiger partial charge in [0.2, 0.25) is 0 Å². The van der Waals surface area contributed by atoms with Gasteiger partial charge in [-0.25, -0.2) is 19.1 Å². The summed E-state index contributed by atoms with van der Waals surface area (Å²) in [6.07, 6.45) is -0.416. The zero-order chi connectivity index (χ0) is 20.8. The number of nitrogens with two attached hydrogens (primary N) is 1. The van der Waals surface area contributed by atoms with Crippen molar-refractivity contribution in [3.63, 3.8) is 0 Å². The largest absolute Gasteiger partial charge is 0.443 e. The molecule has 0 fully saturated rings. The lowest BCUT2D eigenvalue weighted by atomic mass is 10.2. The average Bonchev–Trinajstić information content (AvgIpc) is 2.81. The number of aliphatic hydroxyl groups is 1. The molecule has 0 saturated carbocycles. The van der Waals surface area contributed by atoms with E-state index in [1.54, 1.807) is 20.8 Å². The number of carbonyl (C=O) groups excluding carboxylic acids is 1. The number of carbonyl (C=O) groups is 1. The van der Waals surface area contributed by atoms with Gasteiger partial charge < -0.3 is 9.84 Å². The number of ether oxygens (including phenoxy) is 1. The molecule has 0 aliphatic carbocycles. The van der Waals surface area contributed by atoms with Gasteiger partial charge in [-0.15, -0.1) is 15.7 Å². The Labute approximate surface area is 130 Å². The third kappa shape index (κ3) is 4.82. The van der Waals surface area contributed by atoms with E-state index in [1.807, 2.05) is 0 Å². The molecule has 1 rings (SSSR count). The van der Waals surface area contributed by atoms with Crippen LogP contribution in [0.25, 0.3) is 0 Å². The highest BCUT2D eigenvalue weighted by Gasteiger charge is 2.24. The molecule has 20 heavy (non-hydrogen) atoms. The molecule has 9 heteroatoms. The second-order valence-corrected chi connectivity index (χ2v) is 7.88. The van der Waals surface area contributed by atoms with Gasteiger partial charge in [0.05, 0.1) is 6.20 Å². The van der Waals surface area contributed by atoms with Crippen molar-refractivity contribution in [2.45, 2.75) is 49.9 Å². The maximum atomic E-state index is 12.4. The topological polar surface area (TPSA) is 115 Å². The zero-order valence-corrected chi connectivity index (χ0v) is 12.7. The molecule has 0 saturated heterocycles. The summed E-state index contributed by atoms with van der Waals surface area (Å²) < 4.78 is 64.2. The summed E-state index contributed by atoms with van der Waals surface area (Å²) in [5, 5.41) is 15.1. The van der Waals surface area contributed by atoms with Crippen LogP contribution in [0.2, 0.25) is 0 Å². The van der Waals surface area contributed by atoms with Gasteiger partial charge in [0.15, 0.2) is 9.92 Å². The van der Waals surface area contributed by atoms with Crippen LogP contribution in [0.15, 0.2) is 14.8 Å². The highest BCUT2D eigenvalue weighted by atomic mass is 32.2. The number of hydrogen-bond acceptors (Lipinski definition) is 6. The molecule has 1 aromatic heterocycles. The quantitative estimate of drug-likeness (QED) is 0.862. The lowest BCUT2D eigenvalue weighted by Crippen LogP contribution is -2.23. The number of thiazole rings is 1. The normalized spacial score (nSPS) is 21.2. The second kappa shape index (κ2) is 5.40. The average molecular weight is 327 g/mol. The van der Waals surface area contributed by atoms with Crippen molar-refractivity contribution in [2.24, 2.45) is 9.50 Å². The third-order valence-corrected chi connectivity index (χ3v) is 4.66. The van der Waals surface area contributed by atoms with Gasteiger partial charge >= 0.3 is 6.09 Å². The summed E-state index contributed by atoms with van der Waals surface area (Å²) in [7, 11) is -3.88. The fourth-order valence-corrected chi connectivity index (χ4v) is 2.93. The van der Waals surface area contributed by atoms with Crippen molar-refractivity contribution < 1.29 is 27.1 Å². The van der Waals surface area contributed by atoms with Gasteiger partial charge in [0.1, 0.15) is 20.4 Å². The molecule has 114 valence electrons. The van der Waals surface area contributed by atoms with Gasteiger partial charge in [-0.3, -0.25) is 0 Å². The predicted molar refractivity (Wildman–Crippen MR) is 76.6 cm³/mol. The molecule has 0 bridgehead atoms. The van der Waals surface area contributed by atoms with Crippen molar-refractivity contribution in [2.75, 3.05) is 0 Å². The molecule has 1 unspecified atom stereocenters. The lowest BCUT2D eigenvalue weighted by molar-refractivity contribution is 0.0607. The first-order chi connectivity index (χ1) is 11.3. The lowest BCUT2D eigenvalue weighted by Gasteiger charge is -2.17. The van der Waals surface area contributed by atoms with Gasteiger partial charge in [0, 0.05) is 8.22 Å². The van der Waals surface area contributed by atoms with Crippen LogP contribution >= 0.6 is 11.3 Å². The first kappa shape index (κ1) is 9.82. The Morgan fingerprint density at radius 2 is 2.20 bits per heavy atom. The monoisotopic (exact) mass is 327 g/mol. The SMILES string of the molecule is [2H]C([2H])([2H])C(O)(c1ncc(S(N)(=O)=NC(=O)OC(C)(C)C)s1)C([2H])([2H])[2H]. The summed E-state index contributed by atoms with van der Waals surface area (Å²) in [4.78, 5) is 15.2. The molecule has 0 spiro atoms. The van der Waals surface area contributed by atoms with Crippen LogP contribution in [0.3, 0.4) is 0 Å². The molecule has 0 radical (unpaired) electrons. The summed E-state index contributed by atoms with van der Waals surface area (Å²) in [6, 6.07) is 0. The summed E-state index contributed by atoms with van der Waals surface area (Å²) >= 11 is 0.277. The van der Waals surface area contributed by atoms with E-state index in [1.165, 1.54) is 0 Å². The van der Waals surface area contributed by atoms with E-state index in [2.05, 4.69) is 9.35 Å². The Morgan fingerprint density at radius 3 is 2.70 bits per heavy atom. The van der Waals surface area contributed by atoms with Crippen LogP contribution in [-0.4, -0.2) is 26.0 Å². The van der Waals surface area contributed by atoms with Crippen LogP contribution in [-0.2, 0) is 20.3 Å². The zero-order valence-electron chi connectivity index (χ0n) is 17.0. The van der Waals surface area contributed by atoms with E-state index in [9.17, 15) is 14.1 Å². The first-order valence-corrected chi connectivity index (χ1v) is 7.67. The molecule has 0 aliphatic heterocycles. The van der Waals surface area contributed by atoms with E-state index in [4.69, 9.17) is 18.1 Å². The molecule has 1 heterocycles. The number of amides is 1. The van der Waals surface area contributed by atoms with Crippen molar-refractivity contribution in [3.05, 3.63) is 11.2 Å². The van der Waals surface area contributed by atoms with Crippen molar-refractivity contribution >= 4 is 27.3 Å². The minimum Gasteiger partial charge on any atom is -0.442 e. The van der Waals surface area contributed by atoms with Crippen molar-refractivity contribution in [1.82, 2.24) is 4.98 Å². The summed E-state index contributed by atoms with van der Waals surface area (Å²) in [6.45, 7) is -2.06. The Morgan fingerprint density at radius 1 is 1.60 bits per heavy atom. The smallest absolute Gasteiger partial charge is 0.442 e. The van der Waals surface area contributed by atoms with Gasteiger partial charge in [-0.05, 0) is 34.5 Å². The number of aromatic nitrogens is 1. The predicted octanol–water partition coefficient (Wildman–Crippen LogP) is 2.01. The number of nitrogens with zero attached hydrogens (tertiary/aromatic N) is 2. The fourth-order valence-electron chi connectivity index (χ4n) is 0.998. The fraction of sp³-hybridized carbons (Fsp3) is 0.636. The highest BCUT2D eigenvalue weighted by molar-refractivity contribution is 7.93. The Bertz CT molecular complexity index is 788. The second-order valence-electron chi connectivity index (χ2n) is 4.84. The van der Waals surface area contributed by atoms with E-state index in [0.29, 0.717) is 0 Å². The van der Waals surface area contributed by atoms with Gasteiger partial charge in [-0.1, -0.05) is 0 Å². The van der Waals surface area contributed by atoms with Crippen molar-refractivity contribution in [3.8, 4) is 0 Å². The van der Waals surface area contributed by atoms with Crippen LogP contribution in [0.5, 0.6) is 0 Å². The molecule has 0 aliphatic rings. The molecule has 3 N–H and O–H groups in total. The van der Waals surface area contributed by atoms with E-state index in [-0.39, 0.29) is 15.5 Å². The number of rotatable bonds is 2. The van der Waals surface area contributed by atoms with Gasteiger partial charge in [0.25, 0.3) is 0 Å². The molecule has 7 nitrogen and oxygen atoms in total. The molecule has 1 aromatic rings. The molecule has 1 atom stereocenters. The standard InChI is InChI=1S/C11H19N3O4S2/c1-10(2,3)18-9(15)14-20(12,17)7-6-13-8(19-7)11(4,5)16/h6,16H,1-5H3,(H2,12,14,15,17)/i4D3,5D3. The van der Waals surface area contributed by atoms with Crippen LogP contribution in [0.1, 0.15) is 47.7 Å². The minimum atomic E-state index is -3.88. The third-order valence-electron chi connectivity index (χ3n) is 1.69. The summed E-state index contributed by atoms with van der Waals surface area (Å²) in [5.74, 6) is 0. The van der Waals surface area contributed by atoms with E-state index >= 15 is 0 Å². The maximum absolute atomic E-state index is 12.4. The Balaban J connectivity index is 3.40. The van der Waals surface area contributed by atoms with Gasteiger partial charge in [-0.2, -0.15) is 0 Å². The first-order valence-electron chi connectivity index (χ1n) is 8.28. The van der Waals surface area contributed by atoms with Crippen molar-refractivity contribution in [1.29, 1.82) is 0 Å². The van der Waals surface area contributed by atoms with E-state index < -0.39 is 45.9 Å². The molecule has 0 aromatic carbocycles. The van der Waals surface area contributed by atoms with E-state index in [0.717, 1.165) is 6.20 Å². The van der Waals surface area contributed by atoms with Crippen LogP contribution in [0, 0.1) is 0 Å². The maximum Gasteiger partial charge on any atom is 0.443 e. The molecule has 1 amide bonds. The number of hydrogen-bond donors (Lipinski definition) is 2. The molecular formula is C11H19N3O4S2. The Hall–Kier alpha value is -1.03.